The third-order valence-corrected chi connectivity index (χ3v) is 10.6. The van der Waals surface area contributed by atoms with E-state index < -0.39 is 36.1 Å². The third kappa shape index (κ3) is 2.88. The van der Waals surface area contributed by atoms with Crippen molar-refractivity contribution in [3.8, 4) is 0 Å². The van der Waals surface area contributed by atoms with Gasteiger partial charge in [-0.1, -0.05) is 25.5 Å². The van der Waals surface area contributed by atoms with Gasteiger partial charge in [0, 0.05) is 22.7 Å². The first-order chi connectivity index (χ1) is 16.2. The van der Waals surface area contributed by atoms with Crippen molar-refractivity contribution in [2.24, 2.45) is 34.5 Å². The number of piperidine rings is 1. The number of Topliss-reactive ketones (excluding diaryl/α,β-unsaturated/α-hetero) is 1. The molecule has 0 amide bonds. The first-order valence-corrected chi connectivity index (χ1v) is 13.0. The highest BCUT2D eigenvalue weighted by Gasteiger charge is 2.76. The number of ketones is 2. The van der Waals surface area contributed by atoms with Gasteiger partial charge in [-0.3, -0.25) is 9.59 Å². The quantitative estimate of drug-likeness (QED) is 0.578. The monoisotopic (exact) mass is 471 g/mol. The Kier molecular flexibility index (Phi) is 5.29. The fourth-order valence-corrected chi connectivity index (χ4v) is 9.04. The van der Waals surface area contributed by atoms with Gasteiger partial charge >= 0.3 is 0 Å². The number of carbonyl (C=O) groups is 2. The summed E-state index contributed by atoms with van der Waals surface area (Å²) in [5, 5.41) is 25.1. The molecule has 7 heteroatoms. The molecular weight excluding hydrogens is 434 g/mol. The van der Waals surface area contributed by atoms with Gasteiger partial charge in [-0.25, -0.2) is 0 Å². The van der Waals surface area contributed by atoms with Crippen LogP contribution in [0, 0.1) is 34.5 Å². The molecule has 0 radical (unpaired) electrons. The van der Waals surface area contributed by atoms with E-state index in [4.69, 9.17) is 9.47 Å². The number of ether oxygens (including phenoxy) is 2. The van der Waals surface area contributed by atoms with Crippen LogP contribution < -0.4 is 5.32 Å². The number of rotatable bonds is 3. The summed E-state index contributed by atoms with van der Waals surface area (Å²) in [5.74, 6) is 0.247. The van der Waals surface area contributed by atoms with Gasteiger partial charge in [0.15, 0.2) is 23.5 Å². The van der Waals surface area contributed by atoms with Gasteiger partial charge in [-0.05, 0) is 75.6 Å². The Morgan fingerprint density at radius 3 is 2.74 bits per heavy atom. The highest BCUT2D eigenvalue weighted by Crippen LogP contribution is 2.69. The predicted molar refractivity (Wildman–Crippen MR) is 124 cm³/mol. The summed E-state index contributed by atoms with van der Waals surface area (Å²) in [6.45, 7) is 5.47. The molecule has 2 heterocycles. The Morgan fingerprint density at radius 2 is 2.00 bits per heavy atom. The number of allylic oxidation sites excluding steroid dienone is 4. The molecule has 3 N–H and O–H groups in total. The summed E-state index contributed by atoms with van der Waals surface area (Å²) < 4.78 is 13.2. The topological polar surface area (TPSA) is 105 Å². The van der Waals surface area contributed by atoms with Crippen LogP contribution in [-0.2, 0) is 19.1 Å². The van der Waals surface area contributed by atoms with Crippen LogP contribution in [0.4, 0.5) is 0 Å². The molecule has 6 aliphatic rings. The first-order valence-electron chi connectivity index (χ1n) is 13.0. The molecule has 3 saturated carbocycles. The van der Waals surface area contributed by atoms with Gasteiger partial charge in [0.2, 0.25) is 0 Å². The van der Waals surface area contributed by atoms with Gasteiger partial charge in [0.25, 0.3) is 0 Å². The molecule has 0 aromatic rings. The fraction of sp³-hybridized carbons (Fsp3) is 0.778. The largest absolute Gasteiger partial charge is 0.393 e. The maximum Gasteiger partial charge on any atom is 0.193 e. The number of hydrogen-bond acceptors (Lipinski definition) is 7. The Balaban J connectivity index is 1.37. The number of carbonyl (C=O) groups excluding carboxylic acids is 2. The van der Waals surface area contributed by atoms with Crippen molar-refractivity contribution in [1.29, 1.82) is 0 Å². The van der Waals surface area contributed by atoms with Gasteiger partial charge in [0.1, 0.15) is 6.61 Å². The Morgan fingerprint density at radius 1 is 1.24 bits per heavy atom. The van der Waals surface area contributed by atoms with E-state index >= 15 is 0 Å². The van der Waals surface area contributed by atoms with Gasteiger partial charge < -0.3 is 25.0 Å². The summed E-state index contributed by atoms with van der Waals surface area (Å²) in [4.78, 5) is 25.5. The first kappa shape index (κ1) is 23.0. The highest BCUT2D eigenvalue weighted by atomic mass is 16.7. The minimum atomic E-state index is -1.22. The lowest BCUT2D eigenvalue weighted by molar-refractivity contribution is -0.209. The molecule has 0 bridgehead atoms. The van der Waals surface area contributed by atoms with Crippen LogP contribution in [0.2, 0.25) is 0 Å². The van der Waals surface area contributed by atoms with E-state index in [1.807, 2.05) is 6.08 Å². The lowest BCUT2D eigenvalue weighted by Crippen LogP contribution is -2.63. The van der Waals surface area contributed by atoms with Crippen molar-refractivity contribution in [2.45, 2.75) is 76.5 Å². The second-order valence-electron chi connectivity index (χ2n) is 12.0. The molecular formula is C27H37NO6. The van der Waals surface area contributed by atoms with E-state index in [9.17, 15) is 19.8 Å². The second-order valence-corrected chi connectivity index (χ2v) is 12.0. The van der Waals surface area contributed by atoms with Crippen molar-refractivity contribution in [3.63, 3.8) is 0 Å². The van der Waals surface area contributed by atoms with Gasteiger partial charge in [-0.2, -0.15) is 0 Å². The minimum absolute atomic E-state index is 0.0183. The van der Waals surface area contributed by atoms with Crippen molar-refractivity contribution >= 4 is 11.6 Å². The predicted octanol–water partition coefficient (Wildman–Crippen LogP) is 1.92. The fourth-order valence-electron chi connectivity index (χ4n) is 9.04. The molecule has 0 aromatic carbocycles. The smallest absolute Gasteiger partial charge is 0.193 e. The van der Waals surface area contributed by atoms with Crippen molar-refractivity contribution in [2.75, 3.05) is 19.7 Å². The Labute approximate surface area is 201 Å². The zero-order valence-electron chi connectivity index (χ0n) is 20.2. The number of hydrogen-bond donors (Lipinski definition) is 3. The zero-order valence-corrected chi connectivity index (χ0v) is 20.2. The molecule has 6 rings (SSSR count). The molecule has 34 heavy (non-hydrogen) atoms. The molecule has 4 aliphatic carbocycles. The highest BCUT2D eigenvalue weighted by molar-refractivity contribution is 6.01. The number of fused-ring (bicyclic) bond motifs is 7. The SMILES string of the molecule is C[C@]12C=CC(=O)C=C1CC[C@@H]1[C@@H]2[C@@H](O)C[C@@]2(C)[C@H]1C[C@H]1OC(C3CCNCC3)O[C@]12C(=O)CO. The average Bonchev–Trinajstić information content (AvgIpc) is 3.32. The summed E-state index contributed by atoms with van der Waals surface area (Å²) in [7, 11) is 0. The average molecular weight is 472 g/mol. The lowest BCUT2D eigenvalue weighted by Gasteiger charge is -2.59. The van der Waals surface area contributed by atoms with Crippen molar-refractivity contribution in [3.05, 3.63) is 23.8 Å². The Bertz CT molecular complexity index is 955. The maximum absolute atomic E-state index is 13.5. The molecule has 2 aliphatic heterocycles. The molecule has 9 atom stereocenters. The van der Waals surface area contributed by atoms with E-state index in [2.05, 4.69) is 19.2 Å². The van der Waals surface area contributed by atoms with Crippen LogP contribution in [0.3, 0.4) is 0 Å². The molecule has 2 saturated heterocycles. The molecule has 0 aromatic heterocycles. The normalized spacial score (nSPS) is 50.2. The minimum Gasteiger partial charge on any atom is -0.393 e. The van der Waals surface area contributed by atoms with Gasteiger partial charge in [-0.15, -0.1) is 0 Å². The number of aliphatic hydroxyl groups excluding tert-OH is 2. The second kappa shape index (κ2) is 7.81. The summed E-state index contributed by atoms with van der Waals surface area (Å²) in [5.41, 5.74) is -1.08. The van der Waals surface area contributed by atoms with Crippen LogP contribution in [0.5, 0.6) is 0 Å². The lowest BCUT2D eigenvalue weighted by atomic mass is 9.46. The Hall–Kier alpha value is -1.38. The van der Waals surface area contributed by atoms with E-state index in [1.54, 1.807) is 12.2 Å². The summed E-state index contributed by atoms with van der Waals surface area (Å²) >= 11 is 0. The van der Waals surface area contributed by atoms with E-state index in [-0.39, 0.29) is 40.7 Å². The third-order valence-electron chi connectivity index (χ3n) is 10.6. The van der Waals surface area contributed by atoms with Crippen LogP contribution in [0.15, 0.2) is 23.8 Å². The molecule has 7 nitrogen and oxygen atoms in total. The molecule has 5 fully saturated rings. The molecule has 0 spiro atoms. The van der Waals surface area contributed by atoms with Crippen molar-refractivity contribution in [1.82, 2.24) is 5.32 Å². The van der Waals surface area contributed by atoms with E-state index in [1.165, 1.54) is 0 Å². The summed E-state index contributed by atoms with van der Waals surface area (Å²) in [6.07, 6.45) is 8.61. The van der Waals surface area contributed by atoms with E-state index in [0.29, 0.717) is 12.8 Å². The van der Waals surface area contributed by atoms with Crippen molar-refractivity contribution < 1.29 is 29.3 Å². The zero-order chi connectivity index (χ0) is 23.9. The van der Waals surface area contributed by atoms with Crippen LogP contribution >= 0.6 is 0 Å². The van der Waals surface area contributed by atoms with E-state index in [0.717, 1.165) is 44.3 Å². The van der Waals surface area contributed by atoms with Crippen LogP contribution in [0.1, 0.15) is 52.4 Å². The number of nitrogens with one attached hydrogen (secondary N) is 1. The standard InChI is InChI=1S/C27H37NO6/c1-25-8-5-17(30)11-16(25)3-4-18-19-12-22-27(21(32)14-29,26(19,2)13-20(31)23(18)25)34-24(33-22)15-6-9-28-10-7-15/h5,8,11,15,18-20,22-24,28-29,31H,3-4,6-7,9-10,12-14H2,1-2H3/t18-,19-,20-,22+,23+,24?,25-,26-,27+/m0/s1. The number of aliphatic hydroxyl groups is 2. The van der Waals surface area contributed by atoms with Gasteiger partial charge in [0.05, 0.1) is 12.2 Å². The molecule has 1 unspecified atom stereocenters. The van der Waals surface area contributed by atoms with Crippen LogP contribution in [-0.4, -0.2) is 65.6 Å². The van der Waals surface area contributed by atoms with Crippen LogP contribution in [0.25, 0.3) is 0 Å². The maximum atomic E-state index is 13.5. The molecule has 186 valence electrons. The summed E-state index contributed by atoms with van der Waals surface area (Å²) in [6, 6.07) is 0.